The lowest BCUT2D eigenvalue weighted by molar-refractivity contribution is -0.155. The molecule has 178 valence electrons. The number of amides is 2. The van der Waals surface area contributed by atoms with Crippen molar-refractivity contribution in [2.75, 3.05) is 24.7 Å². The summed E-state index contributed by atoms with van der Waals surface area (Å²) in [5, 5.41) is 2.47. The first-order valence-corrected chi connectivity index (χ1v) is 12.4. The number of carbonyl (C=O) groups is 3. The summed E-state index contributed by atoms with van der Waals surface area (Å²) < 4.78 is 42.7. The molecule has 2 rings (SSSR count). The fourth-order valence-electron chi connectivity index (χ4n) is 3.54. The van der Waals surface area contributed by atoms with E-state index in [1.54, 1.807) is 13.8 Å². The van der Waals surface area contributed by atoms with Crippen LogP contribution in [0, 0.1) is 17.7 Å². The van der Waals surface area contributed by atoms with E-state index in [1.165, 1.54) is 23.1 Å². The summed E-state index contributed by atoms with van der Waals surface area (Å²) in [6.07, 6.45) is 0.349. The van der Waals surface area contributed by atoms with Crippen LogP contribution in [0.25, 0.3) is 0 Å². The monoisotopic (exact) mass is 470 g/mol. The predicted octanol–water partition coefficient (Wildman–Crippen LogP) is 1.79. The first-order chi connectivity index (χ1) is 14.9. The molecular formula is C22H31FN2O6S. The van der Waals surface area contributed by atoms with Crippen LogP contribution < -0.4 is 5.32 Å². The third kappa shape index (κ3) is 7.01. The first-order valence-electron chi connectivity index (χ1n) is 10.6. The van der Waals surface area contributed by atoms with Crippen LogP contribution in [0.5, 0.6) is 0 Å². The number of nitrogens with one attached hydrogen (secondary N) is 1. The number of rotatable bonds is 9. The van der Waals surface area contributed by atoms with Crippen LogP contribution >= 0.6 is 0 Å². The Kier molecular flexibility index (Phi) is 8.77. The molecule has 1 aliphatic rings. The van der Waals surface area contributed by atoms with Crippen molar-refractivity contribution in [1.29, 1.82) is 0 Å². The molecule has 1 aliphatic heterocycles. The van der Waals surface area contributed by atoms with Gasteiger partial charge in [0.05, 0.1) is 17.1 Å². The Balaban J connectivity index is 2.03. The van der Waals surface area contributed by atoms with Gasteiger partial charge >= 0.3 is 5.97 Å². The maximum Gasteiger partial charge on any atom is 0.329 e. The molecule has 1 fully saturated rings. The van der Waals surface area contributed by atoms with E-state index in [-0.39, 0.29) is 28.9 Å². The Labute approximate surface area is 188 Å². The molecule has 1 unspecified atom stereocenters. The molecule has 0 bridgehead atoms. The second-order valence-electron chi connectivity index (χ2n) is 8.78. The van der Waals surface area contributed by atoms with Crippen LogP contribution in [0.4, 0.5) is 4.39 Å². The topological polar surface area (TPSA) is 110 Å². The van der Waals surface area contributed by atoms with Gasteiger partial charge in [0.2, 0.25) is 0 Å². The van der Waals surface area contributed by atoms with Gasteiger partial charge < -0.3 is 15.0 Å². The van der Waals surface area contributed by atoms with Gasteiger partial charge in [-0.2, -0.15) is 0 Å². The van der Waals surface area contributed by atoms with E-state index in [9.17, 15) is 27.2 Å². The molecule has 1 N–H and O–H groups in total. The van der Waals surface area contributed by atoms with Crippen molar-refractivity contribution in [3.8, 4) is 0 Å². The number of esters is 1. The quantitative estimate of drug-likeness (QED) is 0.551. The van der Waals surface area contributed by atoms with E-state index < -0.39 is 52.1 Å². The molecule has 0 saturated carbocycles. The maximum absolute atomic E-state index is 13.9. The second-order valence-corrected chi connectivity index (χ2v) is 11.0. The van der Waals surface area contributed by atoms with Gasteiger partial charge in [0.25, 0.3) is 11.8 Å². The van der Waals surface area contributed by atoms with Crippen molar-refractivity contribution in [1.82, 2.24) is 10.2 Å². The van der Waals surface area contributed by atoms with Crippen molar-refractivity contribution >= 4 is 27.6 Å². The average molecular weight is 471 g/mol. The molecule has 2 amide bonds. The molecule has 2 atom stereocenters. The summed E-state index contributed by atoms with van der Waals surface area (Å²) in [7, 11) is -3.19. The van der Waals surface area contributed by atoms with Crippen LogP contribution in [0.15, 0.2) is 24.3 Å². The summed E-state index contributed by atoms with van der Waals surface area (Å²) in [5.74, 6) is -3.14. The Hall–Kier alpha value is -2.49. The zero-order chi connectivity index (χ0) is 24.1. The average Bonchev–Trinajstić information content (AvgIpc) is 3.07. The number of carbonyl (C=O) groups excluding carboxylic acids is 3. The van der Waals surface area contributed by atoms with Crippen LogP contribution in [-0.4, -0.2) is 67.8 Å². The Morgan fingerprint density at radius 1 is 1.19 bits per heavy atom. The summed E-state index contributed by atoms with van der Waals surface area (Å²) in [4.78, 5) is 39.3. The molecule has 32 heavy (non-hydrogen) atoms. The van der Waals surface area contributed by atoms with Crippen LogP contribution in [0.2, 0.25) is 0 Å². The van der Waals surface area contributed by atoms with Crippen LogP contribution in [0.3, 0.4) is 0 Å². The third-order valence-corrected chi connectivity index (χ3v) is 6.95. The summed E-state index contributed by atoms with van der Waals surface area (Å²) in [6, 6.07) is 3.87. The minimum atomic E-state index is -3.19. The number of benzene rings is 1. The highest BCUT2D eigenvalue weighted by atomic mass is 32.2. The highest BCUT2D eigenvalue weighted by molar-refractivity contribution is 7.91. The van der Waals surface area contributed by atoms with E-state index in [2.05, 4.69) is 5.32 Å². The smallest absolute Gasteiger partial charge is 0.329 e. The lowest BCUT2D eigenvalue weighted by atomic mass is 10.0. The number of hydrogen-bond acceptors (Lipinski definition) is 6. The molecule has 0 aliphatic carbocycles. The predicted molar refractivity (Wildman–Crippen MR) is 117 cm³/mol. The van der Waals surface area contributed by atoms with Gasteiger partial charge in [0.1, 0.15) is 11.9 Å². The molecule has 1 saturated heterocycles. The van der Waals surface area contributed by atoms with Gasteiger partial charge in [-0.3, -0.25) is 9.59 Å². The molecule has 0 spiro atoms. The number of ether oxygens (including phenoxy) is 1. The second kappa shape index (κ2) is 10.9. The SMILES string of the molecule is CC(C)CN(C(=O)COC(=O)[C@@H](NC(=O)c1ccccc1F)C(C)C)C1CCS(=O)(=O)C1. The van der Waals surface area contributed by atoms with Crippen molar-refractivity contribution in [2.45, 2.75) is 46.2 Å². The summed E-state index contributed by atoms with van der Waals surface area (Å²) in [5.41, 5.74) is -0.201. The summed E-state index contributed by atoms with van der Waals surface area (Å²) >= 11 is 0. The molecule has 1 aromatic carbocycles. The Morgan fingerprint density at radius 2 is 1.84 bits per heavy atom. The van der Waals surface area contributed by atoms with Gasteiger partial charge in [-0.1, -0.05) is 39.8 Å². The van der Waals surface area contributed by atoms with E-state index in [0.29, 0.717) is 13.0 Å². The van der Waals surface area contributed by atoms with Crippen LogP contribution in [-0.2, 0) is 24.2 Å². The van der Waals surface area contributed by atoms with E-state index in [1.807, 2.05) is 13.8 Å². The maximum atomic E-state index is 13.9. The normalized spacial score (nSPS) is 18.4. The minimum Gasteiger partial charge on any atom is -0.454 e. The van der Waals surface area contributed by atoms with Gasteiger partial charge in [0, 0.05) is 12.6 Å². The zero-order valence-electron chi connectivity index (χ0n) is 18.8. The van der Waals surface area contributed by atoms with Crippen molar-refractivity contribution in [3.05, 3.63) is 35.6 Å². The van der Waals surface area contributed by atoms with Gasteiger partial charge in [-0.15, -0.1) is 0 Å². The highest BCUT2D eigenvalue weighted by Gasteiger charge is 2.35. The molecule has 0 aromatic heterocycles. The van der Waals surface area contributed by atoms with E-state index in [4.69, 9.17) is 4.74 Å². The highest BCUT2D eigenvalue weighted by Crippen LogP contribution is 2.19. The van der Waals surface area contributed by atoms with Gasteiger partial charge in [-0.05, 0) is 30.4 Å². The van der Waals surface area contributed by atoms with E-state index >= 15 is 0 Å². The Morgan fingerprint density at radius 3 is 2.38 bits per heavy atom. The summed E-state index contributed by atoms with van der Waals surface area (Å²) in [6.45, 7) is 6.95. The number of hydrogen-bond donors (Lipinski definition) is 1. The third-order valence-electron chi connectivity index (χ3n) is 5.19. The lowest BCUT2D eigenvalue weighted by Crippen LogP contribution is -2.48. The number of sulfone groups is 1. The minimum absolute atomic E-state index is 0.0246. The first kappa shape index (κ1) is 25.8. The lowest BCUT2D eigenvalue weighted by Gasteiger charge is -2.30. The zero-order valence-corrected chi connectivity index (χ0v) is 19.7. The van der Waals surface area contributed by atoms with Crippen molar-refractivity contribution in [2.24, 2.45) is 11.8 Å². The van der Waals surface area contributed by atoms with Crippen molar-refractivity contribution < 1.29 is 31.9 Å². The molecular weight excluding hydrogens is 439 g/mol. The molecule has 1 heterocycles. The molecule has 0 radical (unpaired) electrons. The fraction of sp³-hybridized carbons (Fsp3) is 0.591. The Bertz CT molecular complexity index is 947. The standard InChI is InChI=1S/C22H31FN2O6S/c1-14(2)11-25(16-9-10-32(29,30)13-16)19(26)12-31-22(28)20(15(3)4)24-21(27)17-7-5-6-8-18(17)23/h5-8,14-16,20H,9-13H2,1-4H3,(H,24,27)/t16?,20-/m0/s1. The van der Waals surface area contributed by atoms with Gasteiger partial charge in [0.15, 0.2) is 16.4 Å². The molecule has 1 aromatic rings. The largest absolute Gasteiger partial charge is 0.454 e. The number of halogens is 1. The molecule has 10 heteroatoms. The van der Waals surface area contributed by atoms with Crippen LogP contribution in [0.1, 0.15) is 44.5 Å². The number of nitrogens with zero attached hydrogens (tertiary/aromatic N) is 1. The molecule has 8 nitrogen and oxygen atoms in total. The van der Waals surface area contributed by atoms with E-state index in [0.717, 1.165) is 6.07 Å². The van der Waals surface area contributed by atoms with Gasteiger partial charge in [-0.25, -0.2) is 17.6 Å². The van der Waals surface area contributed by atoms with Crippen molar-refractivity contribution in [3.63, 3.8) is 0 Å². The fourth-order valence-corrected chi connectivity index (χ4v) is 5.27.